The minimum absolute atomic E-state index is 0.331. The summed E-state index contributed by atoms with van der Waals surface area (Å²) in [7, 11) is 0. The van der Waals surface area contributed by atoms with E-state index in [4.69, 9.17) is 5.11 Å². The van der Waals surface area contributed by atoms with Crippen molar-refractivity contribution in [3.05, 3.63) is 48.0 Å². The fourth-order valence-corrected chi connectivity index (χ4v) is 1.73. The van der Waals surface area contributed by atoms with Gasteiger partial charge in [0.05, 0.1) is 5.56 Å². The predicted octanol–water partition coefficient (Wildman–Crippen LogP) is 3.22. The molecular formula is C15H21NO2. The van der Waals surface area contributed by atoms with E-state index in [0.717, 1.165) is 31.4 Å². The van der Waals surface area contributed by atoms with Gasteiger partial charge in [0.15, 0.2) is 0 Å². The number of aromatic carboxylic acids is 1. The summed E-state index contributed by atoms with van der Waals surface area (Å²) >= 11 is 0. The van der Waals surface area contributed by atoms with Gasteiger partial charge in [-0.1, -0.05) is 18.2 Å². The highest BCUT2D eigenvalue weighted by molar-refractivity contribution is 5.87. The normalized spacial score (nSPS) is 12.1. The first-order valence-corrected chi connectivity index (χ1v) is 6.30. The van der Waals surface area contributed by atoms with Gasteiger partial charge in [0.25, 0.3) is 0 Å². The molecule has 3 nitrogen and oxygen atoms in total. The maximum absolute atomic E-state index is 10.7. The highest BCUT2D eigenvalue weighted by Crippen LogP contribution is 2.06. The number of allylic oxidation sites excluding steroid dienone is 1. The fourth-order valence-electron chi connectivity index (χ4n) is 1.73. The van der Waals surface area contributed by atoms with E-state index in [1.807, 2.05) is 18.2 Å². The van der Waals surface area contributed by atoms with Crippen molar-refractivity contribution in [1.82, 2.24) is 5.32 Å². The molecular weight excluding hydrogens is 226 g/mol. The fraction of sp³-hybridized carbons (Fsp3) is 0.400. The summed E-state index contributed by atoms with van der Waals surface area (Å²) in [6.07, 6.45) is 5.27. The zero-order valence-corrected chi connectivity index (χ0v) is 10.9. The van der Waals surface area contributed by atoms with Gasteiger partial charge in [-0.3, -0.25) is 0 Å². The Morgan fingerprint density at radius 1 is 1.44 bits per heavy atom. The van der Waals surface area contributed by atoms with E-state index in [1.165, 1.54) is 0 Å². The van der Waals surface area contributed by atoms with E-state index >= 15 is 0 Å². The average Bonchev–Trinajstić information content (AvgIpc) is 2.37. The van der Waals surface area contributed by atoms with E-state index in [0.29, 0.717) is 11.6 Å². The van der Waals surface area contributed by atoms with E-state index in [9.17, 15) is 4.79 Å². The van der Waals surface area contributed by atoms with Crippen molar-refractivity contribution >= 4 is 5.97 Å². The molecule has 98 valence electrons. The Morgan fingerprint density at radius 3 is 2.67 bits per heavy atom. The van der Waals surface area contributed by atoms with Crippen LogP contribution in [0.15, 0.2) is 36.9 Å². The summed E-state index contributed by atoms with van der Waals surface area (Å²) in [6.45, 7) is 6.64. The molecule has 2 N–H and O–H groups in total. The molecule has 0 aromatic heterocycles. The van der Waals surface area contributed by atoms with Gasteiger partial charge in [0.2, 0.25) is 0 Å². The number of nitrogens with one attached hydrogen (secondary N) is 1. The Bertz CT molecular complexity index is 384. The number of carboxylic acid groups (broad SMARTS) is 1. The molecule has 0 radical (unpaired) electrons. The minimum atomic E-state index is -0.882. The Hall–Kier alpha value is -1.61. The van der Waals surface area contributed by atoms with Crippen LogP contribution in [0.2, 0.25) is 0 Å². The zero-order valence-electron chi connectivity index (χ0n) is 10.9. The van der Waals surface area contributed by atoms with Gasteiger partial charge in [-0.25, -0.2) is 4.79 Å². The smallest absolute Gasteiger partial charge is 0.335 e. The first-order chi connectivity index (χ1) is 8.63. The van der Waals surface area contributed by atoms with Crippen LogP contribution in [0.25, 0.3) is 0 Å². The molecule has 3 heteroatoms. The molecule has 0 spiro atoms. The summed E-state index contributed by atoms with van der Waals surface area (Å²) in [5, 5.41) is 12.2. The van der Waals surface area contributed by atoms with Crippen molar-refractivity contribution in [2.45, 2.75) is 38.8 Å². The zero-order chi connectivity index (χ0) is 13.4. The van der Waals surface area contributed by atoms with E-state index in [2.05, 4.69) is 18.8 Å². The summed E-state index contributed by atoms with van der Waals surface area (Å²) in [5.41, 5.74) is 1.44. The predicted molar refractivity (Wildman–Crippen MR) is 73.8 cm³/mol. The van der Waals surface area contributed by atoms with Crippen molar-refractivity contribution in [2.24, 2.45) is 0 Å². The molecule has 0 fully saturated rings. The SMILES string of the molecule is C=CCCCC(C)NCc1ccc(C(=O)O)cc1. The third-order valence-corrected chi connectivity index (χ3v) is 2.90. The molecule has 0 heterocycles. The standard InChI is InChI=1S/C15H21NO2/c1-3-4-5-6-12(2)16-11-13-7-9-14(10-8-13)15(17)18/h3,7-10,12,16H,1,4-6,11H2,2H3,(H,17,18). The van der Waals surface area contributed by atoms with E-state index < -0.39 is 5.97 Å². The quantitative estimate of drug-likeness (QED) is 0.548. The van der Waals surface area contributed by atoms with Crippen LogP contribution >= 0.6 is 0 Å². The molecule has 0 saturated heterocycles. The van der Waals surface area contributed by atoms with Gasteiger partial charge in [-0.2, -0.15) is 0 Å². The molecule has 0 saturated carbocycles. The third kappa shape index (κ3) is 5.15. The average molecular weight is 247 g/mol. The molecule has 0 bridgehead atoms. The number of rotatable bonds is 8. The van der Waals surface area contributed by atoms with Crippen LogP contribution in [0, 0.1) is 0 Å². The lowest BCUT2D eigenvalue weighted by atomic mass is 10.1. The van der Waals surface area contributed by atoms with Gasteiger partial charge in [-0.15, -0.1) is 6.58 Å². The lowest BCUT2D eigenvalue weighted by Crippen LogP contribution is -2.25. The van der Waals surface area contributed by atoms with Gasteiger partial charge in [0.1, 0.15) is 0 Å². The number of hydrogen-bond donors (Lipinski definition) is 2. The van der Waals surface area contributed by atoms with Gasteiger partial charge in [0, 0.05) is 12.6 Å². The largest absolute Gasteiger partial charge is 0.478 e. The molecule has 18 heavy (non-hydrogen) atoms. The first kappa shape index (κ1) is 14.5. The molecule has 1 rings (SSSR count). The highest BCUT2D eigenvalue weighted by atomic mass is 16.4. The molecule has 0 aliphatic rings. The Morgan fingerprint density at radius 2 is 2.11 bits per heavy atom. The second kappa shape index (κ2) is 7.67. The topological polar surface area (TPSA) is 49.3 Å². The van der Waals surface area contributed by atoms with Crippen molar-refractivity contribution < 1.29 is 9.90 Å². The maximum atomic E-state index is 10.7. The number of carbonyl (C=O) groups is 1. The number of hydrogen-bond acceptors (Lipinski definition) is 2. The monoisotopic (exact) mass is 247 g/mol. The number of unbranched alkanes of at least 4 members (excludes halogenated alkanes) is 1. The second-order valence-corrected chi connectivity index (χ2v) is 4.50. The molecule has 0 aliphatic carbocycles. The van der Waals surface area contributed by atoms with Gasteiger partial charge in [-0.05, 0) is 43.9 Å². The van der Waals surface area contributed by atoms with Crippen LogP contribution in [0.1, 0.15) is 42.1 Å². The summed E-state index contributed by atoms with van der Waals surface area (Å²) in [5.74, 6) is -0.882. The Kier molecular flexibility index (Phi) is 6.15. The number of benzene rings is 1. The van der Waals surface area contributed by atoms with Crippen LogP contribution in [0.5, 0.6) is 0 Å². The van der Waals surface area contributed by atoms with E-state index in [-0.39, 0.29) is 0 Å². The lowest BCUT2D eigenvalue weighted by molar-refractivity contribution is 0.0697. The van der Waals surface area contributed by atoms with Crippen molar-refractivity contribution in [2.75, 3.05) is 0 Å². The summed E-state index contributed by atoms with van der Waals surface area (Å²) in [6, 6.07) is 7.45. The van der Waals surface area contributed by atoms with Gasteiger partial charge < -0.3 is 10.4 Å². The molecule has 0 aliphatic heterocycles. The maximum Gasteiger partial charge on any atom is 0.335 e. The van der Waals surface area contributed by atoms with Crippen LogP contribution in [0.3, 0.4) is 0 Å². The van der Waals surface area contributed by atoms with Crippen LogP contribution < -0.4 is 5.32 Å². The third-order valence-electron chi connectivity index (χ3n) is 2.90. The summed E-state index contributed by atoms with van der Waals surface area (Å²) < 4.78 is 0. The van der Waals surface area contributed by atoms with Crippen LogP contribution in [0.4, 0.5) is 0 Å². The van der Waals surface area contributed by atoms with Gasteiger partial charge >= 0.3 is 5.97 Å². The number of carboxylic acids is 1. The van der Waals surface area contributed by atoms with Crippen LogP contribution in [-0.4, -0.2) is 17.1 Å². The first-order valence-electron chi connectivity index (χ1n) is 6.30. The van der Waals surface area contributed by atoms with E-state index in [1.54, 1.807) is 12.1 Å². The lowest BCUT2D eigenvalue weighted by Gasteiger charge is -2.13. The second-order valence-electron chi connectivity index (χ2n) is 4.50. The molecule has 1 aromatic rings. The molecule has 0 amide bonds. The Labute approximate surface area is 109 Å². The Balaban J connectivity index is 2.34. The molecule has 1 unspecified atom stereocenters. The minimum Gasteiger partial charge on any atom is -0.478 e. The van der Waals surface area contributed by atoms with Crippen molar-refractivity contribution in [3.8, 4) is 0 Å². The molecule has 1 aromatic carbocycles. The summed E-state index contributed by atoms with van der Waals surface area (Å²) in [4.78, 5) is 10.7. The van der Waals surface area contributed by atoms with Crippen molar-refractivity contribution in [1.29, 1.82) is 0 Å². The highest BCUT2D eigenvalue weighted by Gasteiger charge is 2.03. The molecule has 1 atom stereocenters. The van der Waals surface area contributed by atoms with Crippen LogP contribution in [-0.2, 0) is 6.54 Å². The van der Waals surface area contributed by atoms with Crippen molar-refractivity contribution in [3.63, 3.8) is 0 Å².